The lowest BCUT2D eigenvalue weighted by atomic mass is 9.63. The molecule has 3 aliphatic rings. The molecule has 0 amide bonds. The summed E-state index contributed by atoms with van der Waals surface area (Å²) in [5.41, 5.74) is 2.61. The molecule has 0 radical (unpaired) electrons. The van der Waals surface area contributed by atoms with E-state index in [0.29, 0.717) is 29.1 Å². The molecular formula is C32H42N8O. The average Bonchev–Trinajstić information content (AvgIpc) is 3.44. The second-order valence-corrected chi connectivity index (χ2v) is 13.1. The van der Waals surface area contributed by atoms with Gasteiger partial charge in [0.05, 0.1) is 5.41 Å². The summed E-state index contributed by atoms with van der Waals surface area (Å²) in [6, 6.07) is 11.2. The van der Waals surface area contributed by atoms with E-state index in [2.05, 4.69) is 64.3 Å². The number of H-pyrrole nitrogens is 1. The first-order chi connectivity index (χ1) is 19.9. The van der Waals surface area contributed by atoms with Gasteiger partial charge in [0.1, 0.15) is 11.3 Å². The van der Waals surface area contributed by atoms with Crippen LogP contribution in [0, 0.1) is 17.8 Å². The second-order valence-electron chi connectivity index (χ2n) is 13.1. The van der Waals surface area contributed by atoms with Crippen molar-refractivity contribution in [3.63, 3.8) is 0 Å². The molecule has 3 aliphatic carbocycles. The van der Waals surface area contributed by atoms with E-state index >= 15 is 0 Å². The van der Waals surface area contributed by atoms with E-state index in [0.717, 1.165) is 42.5 Å². The fourth-order valence-corrected chi connectivity index (χ4v) is 7.30. The van der Waals surface area contributed by atoms with E-state index in [-0.39, 0.29) is 17.1 Å². The third-order valence-electron chi connectivity index (χ3n) is 10.4. The lowest BCUT2D eigenvalue weighted by Gasteiger charge is -2.42. The van der Waals surface area contributed by atoms with Crippen molar-refractivity contribution in [2.24, 2.45) is 24.8 Å². The van der Waals surface area contributed by atoms with Crippen molar-refractivity contribution >= 4 is 17.0 Å². The van der Waals surface area contributed by atoms with Crippen LogP contribution in [-0.4, -0.2) is 40.3 Å². The minimum absolute atomic E-state index is 0.125. The van der Waals surface area contributed by atoms with Crippen molar-refractivity contribution in [2.75, 3.05) is 5.32 Å². The van der Waals surface area contributed by atoms with Gasteiger partial charge in [0.2, 0.25) is 11.6 Å². The molecule has 0 unspecified atom stereocenters. The van der Waals surface area contributed by atoms with Gasteiger partial charge in [0.25, 0.3) is 0 Å². The number of nitrogens with zero attached hydrogens (tertiary/aromatic N) is 6. The van der Waals surface area contributed by atoms with Gasteiger partial charge in [0, 0.05) is 19.6 Å². The highest BCUT2D eigenvalue weighted by Crippen LogP contribution is 2.50. The molecule has 1 aromatic carbocycles. The molecule has 3 aromatic heterocycles. The van der Waals surface area contributed by atoms with Gasteiger partial charge >= 0.3 is 5.69 Å². The van der Waals surface area contributed by atoms with Crippen LogP contribution in [0.2, 0.25) is 0 Å². The maximum atomic E-state index is 12.3. The first kappa shape index (κ1) is 26.4. The average molecular weight is 555 g/mol. The van der Waals surface area contributed by atoms with Crippen molar-refractivity contribution in [3.05, 3.63) is 52.2 Å². The minimum Gasteiger partial charge on any atom is -0.365 e. The molecule has 9 heteroatoms. The SMILES string of the molecule is CC1CCC(Cn2c(C3(c4ccccc4)CCC3)nc3nc(-c4n[nH]c(=O)n4C)nc(N[C@H](C)C4CCC4)c32)CC1. The van der Waals surface area contributed by atoms with E-state index in [1.807, 2.05) is 0 Å². The Balaban J connectivity index is 1.43. The van der Waals surface area contributed by atoms with Gasteiger partial charge in [-0.3, -0.25) is 4.57 Å². The summed E-state index contributed by atoms with van der Waals surface area (Å²) < 4.78 is 3.96. The standard InChI is InChI=1S/C32H42N8O/c1-20-13-15-22(16-14-20)19-40-25-26(33-21(2)23-9-7-10-23)34-28(29-37-38-31(41)39(29)3)35-27(25)36-30(40)32(17-8-18-32)24-11-5-4-6-12-24/h4-6,11-12,20-23H,7-10,13-19H2,1-3H3,(H,38,41)(H,33,34,35)/t20?,21-,22?/m1/s1. The summed E-state index contributed by atoms with van der Waals surface area (Å²) in [6.45, 7) is 5.58. The van der Waals surface area contributed by atoms with Gasteiger partial charge in [-0.2, -0.15) is 0 Å². The topological polar surface area (TPSA) is 106 Å². The largest absolute Gasteiger partial charge is 0.365 e. The smallest absolute Gasteiger partial charge is 0.343 e. The number of benzene rings is 1. The van der Waals surface area contributed by atoms with Gasteiger partial charge in [-0.25, -0.2) is 24.8 Å². The van der Waals surface area contributed by atoms with Crippen molar-refractivity contribution in [1.29, 1.82) is 0 Å². The maximum absolute atomic E-state index is 12.3. The highest BCUT2D eigenvalue weighted by atomic mass is 16.1. The van der Waals surface area contributed by atoms with Gasteiger partial charge in [-0.1, -0.05) is 62.9 Å². The Hall–Kier alpha value is -3.49. The molecule has 0 spiro atoms. The van der Waals surface area contributed by atoms with E-state index in [1.165, 1.54) is 61.5 Å². The van der Waals surface area contributed by atoms with Crippen LogP contribution in [-0.2, 0) is 19.0 Å². The van der Waals surface area contributed by atoms with Gasteiger partial charge in [-0.15, -0.1) is 5.10 Å². The molecule has 4 aromatic rings. The van der Waals surface area contributed by atoms with Crippen LogP contribution in [0.1, 0.15) is 89.4 Å². The molecule has 3 fully saturated rings. The number of aromatic amines is 1. The van der Waals surface area contributed by atoms with Crippen LogP contribution in [0.3, 0.4) is 0 Å². The third kappa shape index (κ3) is 4.57. The fourth-order valence-electron chi connectivity index (χ4n) is 7.30. The Labute approximate surface area is 241 Å². The Morgan fingerprint density at radius 3 is 2.39 bits per heavy atom. The number of nitrogens with one attached hydrogen (secondary N) is 2. The number of rotatable bonds is 8. The second kappa shape index (κ2) is 10.4. The van der Waals surface area contributed by atoms with Crippen LogP contribution in [0.5, 0.6) is 0 Å². The highest BCUT2D eigenvalue weighted by molar-refractivity contribution is 5.86. The zero-order valence-electron chi connectivity index (χ0n) is 24.6. The Kier molecular flexibility index (Phi) is 6.70. The van der Waals surface area contributed by atoms with E-state index in [9.17, 15) is 4.79 Å². The van der Waals surface area contributed by atoms with Gasteiger partial charge in [0.15, 0.2) is 11.5 Å². The van der Waals surface area contributed by atoms with Gasteiger partial charge < -0.3 is 9.88 Å². The Morgan fingerprint density at radius 2 is 1.78 bits per heavy atom. The zero-order valence-corrected chi connectivity index (χ0v) is 24.6. The molecule has 41 heavy (non-hydrogen) atoms. The minimum atomic E-state index is -0.281. The number of imidazole rings is 1. The number of hydrogen-bond acceptors (Lipinski definition) is 6. The summed E-state index contributed by atoms with van der Waals surface area (Å²) >= 11 is 0. The molecular weight excluding hydrogens is 512 g/mol. The molecule has 1 atom stereocenters. The number of hydrogen-bond donors (Lipinski definition) is 2. The van der Waals surface area contributed by atoms with Crippen LogP contribution in [0.25, 0.3) is 22.8 Å². The summed E-state index contributed by atoms with van der Waals surface area (Å²) in [4.78, 5) is 27.7. The molecule has 216 valence electrons. The molecule has 3 heterocycles. The quantitative estimate of drug-likeness (QED) is 0.285. The monoisotopic (exact) mass is 554 g/mol. The van der Waals surface area contributed by atoms with Crippen LogP contribution in [0.15, 0.2) is 35.1 Å². The van der Waals surface area contributed by atoms with Crippen LogP contribution >= 0.6 is 0 Å². The van der Waals surface area contributed by atoms with E-state index in [1.54, 1.807) is 7.05 Å². The Bertz CT molecular complexity index is 1590. The number of fused-ring (bicyclic) bond motifs is 1. The zero-order chi connectivity index (χ0) is 28.1. The molecule has 7 rings (SSSR count). The van der Waals surface area contributed by atoms with Crippen molar-refractivity contribution in [3.8, 4) is 11.6 Å². The van der Waals surface area contributed by atoms with Crippen molar-refractivity contribution < 1.29 is 0 Å². The normalized spacial score (nSPS) is 23.2. The highest BCUT2D eigenvalue weighted by Gasteiger charge is 2.45. The molecule has 3 saturated carbocycles. The van der Waals surface area contributed by atoms with Crippen molar-refractivity contribution in [1.82, 2.24) is 34.3 Å². The van der Waals surface area contributed by atoms with Gasteiger partial charge in [-0.05, 0) is 68.8 Å². The number of aromatic nitrogens is 7. The van der Waals surface area contributed by atoms with Crippen LogP contribution < -0.4 is 11.0 Å². The first-order valence-electron chi connectivity index (χ1n) is 15.7. The van der Waals surface area contributed by atoms with E-state index in [4.69, 9.17) is 15.0 Å². The summed E-state index contributed by atoms with van der Waals surface area (Å²) in [5.74, 6) is 4.83. The maximum Gasteiger partial charge on any atom is 0.343 e. The fraction of sp³-hybridized carbons (Fsp3) is 0.594. The summed E-state index contributed by atoms with van der Waals surface area (Å²) in [6.07, 6.45) is 12.2. The molecule has 0 aliphatic heterocycles. The summed E-state index contributed by atoms with van der Waals surface area (Å²) in [5, 5.41) is 10.6. The lowest BCUT2D eigenvalue weighted by molar-refractivity contribution is 0.242. The third-order valence-corrected chi connectivity index (χ3v) is 10.4. The van der Waals surface area contributed by atoms with E-state index < -0.39 is 0 Å². The molecule has 2 N–H and O–H groups in total. The summed E-state index contributed by atoms with van der Waals surface area (Å²) in [7, 11) is 1.70. The predicted octanol–water partition coefficient (Wildman–Crippen LogP) is 5.81. The molecule has 9 nitrogen and oxygen atoms in total. The molecule has 0 bridgehead atoms. The van der Waals surface area contributed by atoms with Crippen molar-refractivity contribution in [2.45, 2.75) is 96.1 Å². The Morgan fingerprint density at radius 1 is 1.02 bits per heavy atom. The lowest BCUT2D eigenvalue weighted by Crippen LogP contribution is -2.39. The predicted molar refractivity (Wildman–Crippen MR) is 161 cm³/mol. The first-order valence-corrected chi connectivity index (χ1v) is 15.7. The number of anilines is 1. The van der Waals surface area contributed by atoms with Crippen LogP contribution in [0.4, 0.5) is 5.82 Å². The molecule has 0 saturated heterocycles.